The minimum Gasteiger partial charge on any atom is -0.361 e. The predicted octanol–water partition coefficient (Wildman–Crippen LogP) is 4.61. The van der Waals surface area contributed by atoms with Crippen molar-refractivity contribution in [1.29, 1.82) is 0 Å². The van der Waals surface area contributed by atoms with Crippen molar-refractivity contribution in [2.45, 2.75) is 52.5 Å². The van der Waals surface area contributed by atoms with Gasteiger partial charge in [0.25, 0.3) is 0 Å². The second-order valence-corrected chi connectivity index (χ2v) is 6.50. The van der Waals surface area contributed by atoms with Gasteiger partial charge in [0, 0.05) is 24.7 Å². The molecule has 5 heteroatoms. The first kappa shape index (κ1) is 16.6. The van der Waals surface area contributed by atoms with Crippen LogP contribution in [0.25, 0.3) is 0 Å². The Balaban J connectivity index is 1.74. The number of nitrogens with zero attached hydrogens (tertiary/aromatic N) is 2. The third-order valence-corrected chi connectivity index (χ3v) is 4.77. The average molecular weight is 327 g/mol. The molecule has 0 saturated carbocycles. The van der Waals surface area contributed by atoms with E-state index in [9.17, 15) is 4.79 Å². The Bertz CT molecular complexity index is 723. The molecule has 2 aromatic rings. The second-order valence-electron chi connectivity index (χ2n) is 6.50. The summed E-state index contributed by atoms with van der Waals surface area (Å²) in [4.78, 5) is 14.6. The topological polar surface area (TPSA) is 58.4 Å². The van der Waals surface area contributed by atoms with Gasteiger partial charge < -0.3 is 14.7 Å². The van der Waals surface area contributed by atoms with Gasteiger partial charge in [-0.15, -0.1) is 0 Å². The Hall–Kier alpha value is -2.30. The highest BCUT2D eigenvalue weighted by atomic mass is 16.5. The number of nitrogens with one attached hydrogen (secondary N) is 1. The lowest BCUT2D eigenvalue weighted by atomic mass is 10.1. The predicted molar refractivity (Wildman–Crippen MR) is 94.1 cm³/mol. The van der Waals surface area contributed by atoms with Crippen LogP contribution in [-0.4, -0.2) is 22.6 Å². The van der Waals surface area contributed by atoms with Gasteiger partial charge in [0.1, 0.15) is 11.5 Å². The Morgan fingerprint density at radius 1 is 1.42 bits per heavy atom. The molecule has 1 N–H and O–H groups in total. The fourth-order valence-corrected chi connectivity index (χ4v) is 3.24. The van der Waals surface area contributed by atoms with Gasteiger partial charge >= 0.3 is 6.03 Å². The van der Waals surface area contributed by atoms with Gasteiger partial charge in [-0.2, -0.15) is 0 Å². The number of carbonyl (C=O) groups excluding carboxylic acids is 1. The maximum atomic E-state index is 12.8. The molecule has 2 amide bonds. The molecular weight excluding hydrogens is 302 g/mol. The van der Waals surface area contributed by atoms with Gasteiger partial charge in [0.05, 0.1) is 6.04 Å². The summed E-state index contributed by atoms with van der Waals surface area (Å²) in [5.74, 6) is 0.897. The Kier molecular flexibility index (Phi) is 4.88. The van der Waals surface area contributed by atoms with E-state index in [0.717, 1.165) is 54.9 Å². The second kappa shape index (κ2) is 7.07. The van der Waals surface area contributed by atoms with Crippen LogP contribution >= 0.6 is 0 Å². The molecule has 1 saturated heterocycles. The van der Waals surface area contributed by atoms with Crippen molar-refractivity contribution in [1.82, 2.24) is 10.1 Å². The lowest BCUT2D eigenvalue weighted by Crippen LogP contribution is -2.34. The molecule has 0 aliphatic carbocycles. The van der Waals surface area contributed by atoms with Gasteiger partial charge in [-0.3, -0.25) is 0 Å². The van der Waals surface area contributed by atoms with Gasteiger partial charge in [0.15, 0.2) is 0 Å². The smallest absolute Gasteiger partial charge is 0.322 e. The molecule has 1 unspecified atom stereocenters. The maximum absolute atomic E-state index is 12.8. The first-order valence-corrected chi connectivity index (χ1v) is 8.69. The Morgan fingerprint density at radius 2 is 2.25 bits per heavy atom. The number of hydrogen-bond acceptors (Lipinski definition) is 3. The summed E-state index contributed by atoms with van der Waals surface area (Å²) in [6, 6.07) is 7.90. The Morgan fingerprint density at radius 3 is 3.04 bits per heavy atom. The van der Waals surface area contributed by atoms with Crippen LogP contribution in [0.3, 0.4) is 0 Å². The highest BCUT2D eigenvalue weighted by Crippen LogP contribution is 2.32. The molecule has 5 nitrogen and oxygen atoms in total. The molecule has 0 radical (unpaired) electrons. The number of carbonyl (C=O) groups is 1. The first-order valence-electron chi connectivity index (χ1n) is 8.69. The largest absolute Gasteiger partial charge is 0.361 e. The summed E-state index contributed by atoms with van der Waals surface area (Å²) in [7, 11) is 0. The summed E-state index contributed by atoms with van der Waals surface area (Å²) in [6.07, 6.45) is 3.82. The summed E-state index contributed by atoms with van der Waals surface area (Å²) >= 11 is 0. The van der Waals surface area contributed by atoms with Crippen molar-refractivity contribution in [3.8, 4) is 0 Å². The molecule has 0 bridgehead atoms. The lowest BCUT2D eigenvalue weighted by molar-refractivity contribution is 0.204. The molecule has 2 heterocycles. The monoisotopic (exact) mass is 327 g/mol. The van der Waals surface area contributed by atoms with Crippen LogP contribution in [0.4, 0.5) is 10.5 Å². The zero-order chi connectivity index (χ0) is 17.1. The third kappa shape index (κ3) is 3.30. The molecule has 1 fully saturated rings. The number of likely N-dealkylation sites (tertiary alicyclic amines) is 1. The zero-order valence-electron chi connectivity index (χ0n) is 14.6. The molecule has 24 heavy (non-hydrogen) atoms. The van der Waals surface area contributed by atoms with Crippen molar-refractivity contribution >= 4 is 11.7 Å². The molecule has 1 aliphatic rings. The van der Waals surface area contributed by atoms with Crippen LogP contribution in [0.5, 0.6) is 0 Å². The van der Waals surface area contributed by atoms with E-state index in [-0.39, 0.29) is 12.1 Å². The number of aryl methyl sites for hydroxylation is 2. The molecule has 1 atom stereocenters. The fourth-order valence-electron chi connectivity index (χ4n) is 3.24. The lowest BCUT2D eigenvalue weighted by Gasteiger charge is -2.24. The first-order chi connectivity index (χ1) is 11.6. The van der Waals surface area contributed by atoms with Crippen molar-refractivity contribution in [2.24, 2.45) is 0 Å². The molecule has 128 valence electrons. The summed E-state index contributed by atoms with van der Waals surface area (Å²) in [6.45, 7) is 6.94. The summed E-state index contributed by atoms with van der Waals surface area (Å²) in [5, 5.41) is 7.24. The van der Waals surface area contributed by atoms with Crippen molar-refractivity contribution in [2.75, 3.05) is 11.9 Å². The fraction of sp³-hybridized carbons (Fsp3) is 0.474. The van der Waals surface area contributed by atoms with Crippen LogP contribution in [-0.2, 0) is 6.42 Å². The molecule has 1 aliphatic heterocycles. The van der Waals surface area contributed by atoms with Gasteiger partial charge in [-0.25, -0.2) is 4.79 Å². The van der Waals surface area contributed by atoms with Crippen molar-refractivity contribution in [3.63, 3.8) is 0 Å². The van der Waals surface area contributed by atoms with Crippen LogP contribution in [0.1, 0.15) is 54.8 Å². The van der Waals surface area contributed by atoms with Crippen LogP contribution in [0.15, 0.2) is 28.8 Å². The molecule has 1 aromatic carbocycles. The number of rotatable bonds is 4. The average Bonchev–Trinajstić information content (AvgIpc) is 3.20. The number of anilines is 1. The number of urea groups is 1. The van der Waals surface area contributed by atoms with Gasteiger partial charge in [-0.1, -0.05) is 24.2 Å². The highest BCUT2D eigenvalue weighted by molar-refractivity contribution is 5.90. The maximum Gasteiger partial charge on any atom is 0.322 e. The standard InChI is InChI=1S/C19H25N3O2/c1-4-7-15-12-17(21-24-15)18-10-6-11-22(18)19(23)20-16-9-5-8-13(2)14(16)3/h5,8-9,12,18H,4,6-7,10-11H2,1-3H3,(H,20,23). The Labute approximate surface area is 143 Å². The van der Waals surface area contributed by atoms with E-state index in [1.165, 1.54) is 5.56 Å². The van der Waals surface area contributed by atoms with Gasteiger partial charge in [0.2, 0.25) is 0 Å². The highest BCUT2D eigenvalue weighted by Gasteiger charge is 2.32. The number of aromatic nitrogens is 1. The number of hydrogen-bond donors (Lipinski definition) is 1. The van der Waals surface area contributed by atoms with Crippen molar-refractivity contribution < 1.29 is 9.32 Å². The number of amides is 2. The quantitative estimate of drug-likeness (QED) is 0.892. The van der Waals surface area contributed by atoms with Crippen LogP contribution in [0.2, 0.25) is 0 Å². The number of benzene rings is 1. The van der Waals surface area contributed by atoms with E-state index >= 15 is 0 Å². The van der Waals surface area contributed by atoms with Crippen molar-refractivity contribution in [3.05, 3.63) is 46.8 Å². The summed E-state index contributed by atoms with van der Waals surface area (Å²) < 4.78 is 5.39. The molecule has 3 rings (SSSR count). The van der Waals surface area contributed by atoms with Crippen LogP contribution < -0.4 is 5.32 Å². The normalized spacial score (nSPS) is 17.3. The van der Waals surface area contributed by atoms with E-state index in [4.69, 9.17) is 4.52 Å². The minimum atomic E-state index is -0.0637. The van der Waals surface area contributed by atoms with E-state index in [1.54, 1.807) is 0 Å². The van der Waals surface area contributed by atoms with Crippen LogP contribution in [0, 0.1) is 13.8 Å². The SMILES string of the molecule is CCCc1cc(C2CCCN2C(=O)Nc2cccc(C)c2C)no1. The van der Waals surface area contributed by atoms with E-state index < -0.39 is 0 Å². The third-order valence-electron chi connectivity index (χ3n) is 4.77. The summed E-state index contributed by atoms with van der Waals surface area (Å²) in [5.41, 5.74) is 4.02. The molecular formula is C19H25N3O2. The van der Waals surface area contributed by atoms with E-state index in [0.29, 0.717) is 0 Å². The van der Waals surface area contributed by atoms with E-state index in [1.807, 2.05) is 43.0 Å². The van der Waals surface area contributed by atoms with Gasteiger partial charge in [-0.05, 0) is 50.3 Å². The zero-order valence-corrected chi connectivity index (χ0v) is 14.6. The van der Waals surface area contributed by atoms with E-state index in [2.05, 4.69) is 17.4 Å². The molecule has 0 spiro atoms. The molecule has 1 aromatic heterocycles. The minimum absolute atomic E-state index is 0.00414.